The molecular formula is C32H29N7O3S. The highest BCUT2D eigenvalue weighted by atomic mass is 32.1. The van der Waals surface area contributed by atoms with E-state index in [0.29, 0.717) is 57.6 Å². The van der Waals surface area contributed by atoms with Crippen LogP contribution in [0.15, 0.2) is 60.5 Å². The number of pyridine rings is 2. The molecule has 1 saturated heterocycles. The zero-order valence-corrected chi connectivity index (χ0v) is 24.2. The third-order valence-corrected chi connectivity index (χ3v) is 9.26. The Balaban J connectivity index is 1.14. The molecule has 3 aromatic rings. The Hall–Kier alpha value is -4.82. The van der Waals surface area contributed by atoms with Crippen LogP contribution in [0.5, 0.6) is 0 Å². The number of amides is 4. The summed E-state index contributed by atoms with van der Waals surface area (Å²) < 4.78 is 0. The number of allylic oxidation sites excluding steroid dienone is 5. The molecule has 4 aliphatic rings. The zero-order valence-electron chi connectivity index (χ0n) is 23.4. The highest BCUT2D eigenvalue weighted by Crippen LogP contribution is 2.46. The summed E-state index contributed by atoms with van der Waals surface area (Å²) in [5.74, 6) is -0.282. The number of nitrogens with one attached hydrogen (secondary N) is 2. The molecule has 0 radical (unpaired) electrons. The second-order valence-electron chi connectivity index (χ2n) is 11.2. The van der Waals surface area contributed by atoms with Crippen molar-refractivity contribution in [3.8, 4) is 6.07 Å². The fourth-order valence-electron chi connectivity index (χ4n) is 5.88. The van der Waals surface area contributed by atoms with Crippen molar-refractivity contribution in [3.05, 3.63) is 71.0 Å². The van der Waals surface area contributed by atoms with Crippen LogP contribution in [0, 0.1) is 17.2 Å². The van der Waals surface area contributed by atoms with Crippen molar-refractivity contribution in [2.24, 2.45) is 5.92 Å². The maximum Gasteiger partial charge on any atom is 0.331 e. The molecule has 1 unspecified atom stereocenters. The first-order chi connectivity index (χ1) is 21.0. The third kappa shape index (κ3) is 5.19. The van der Waals surface area contributed by atoms with Crippen molar-refractivity contribution in [1.29, 1.82) is 5.26 Å². The topological polar surface area (TPSA) is 131 Å². The van der Waals surface area contributed by atoms with E-state index in [1.165, 1.54) is 11.3 Å². The monoisotopic (exact) mass is 591 g/mol. The average molecular weight is 592 g/mol. The van der Waals surface area contributed by atoms with Crippen molar-refractivity contribution in [2.75, 3.05) is 23.3 Å². The third-order valence-electron chi connectivity index (χ3n) is 8.16. The molecule has 0 spiro atoms. The fraction of sp³-hybridized carbons (Fsp3) is 0.312. The van der Waals surface area contributed by atoms with Gasteiger partial charge in [-0.2, -0.15) is 5.26 Å². The van der Waals surface area contributed by atoms with Gasteiger partial charge in [0.05, 0.1) is 28.1 Å². The Bertz CT molecular complexity index is 1800. The molecule has 0 aromatic carbocycles. The second-order valence-corrected chi connectivity index (χ2v) is 12.2. The number of carbonyl (C=O) groups excluding carboxylic acids is 3. The summed E-state index contributed by atoms with van der Waals surface area (Å²) >= 11 is 1.23. The molecule has 5 heterocycles. The van der Waals surface area contributed by atoms with E-state index >= 15 is 0 Å². The highest BCUT2D eigenvalue weighted by molar-refractivity contribution is 7.21. The van der Waals surface area contributed by atoms with E-state index in [4.69, 9.17) is 0 Å². The number of thiophene rings is 1. The summed E-state index contributed by atoms with van der Waals surface area (Å²) in [6.07, 6.45) is 16.8. The van der Waals surface area contributed by atoms with Crippen LogP contribution in [0.4, 0.5) is 21.9 Å². The lowest BCUT2D eigenvalue weighted by Crippen LogP contribution is -2.50. The Labute approximate surface area is 252 Å². The van der Waals surface area contributed by atoms with Crippen LogP contribution in [-0.2, 0) is 4.79 Å². The van der Waals surface area contributed by atoms with Crippen LogP contribution >= 0.6 is 11.3 Å². The average Bonchev–Trinajstić information content (AvgIpc) is 3.79. The number of aromatic nitrogens is 2. The SMILES string of the molecule is N#C/C(=C\C1CC1)C(=O)N1CCCC(NC(=O)c2sc3nccc4c3c2NC(=O)N4c2ccnc(C3=CCCC=C3)c2)C1. The van der Waals surface area contributed by atoms with E-state index in [-0.39, 0.29) is 29.5 Å². The Morgan fingerprint density at radius 1 is 1.16 bits per heavy atom. The number of piperidine rings is 1. The quantitative estimate of drug-likeness (QED) is 0.280. The van der Waals surface area contributed by atoms with Crippen LogP contribution in [0.1, 0.15) is 53.9 Å². The number of urea groups is 1. The van der Waals surface area contributed by atoms with E-state index in [1.54, 1.807) is 40.4 Å². The number of rotatable bonds is 6. The summed E-state index contributed by atoms with van der Waals surface area (Å²) in [5.41, 5.74) is 3.74. The van der Waals surface area contributed by atoms with Crippen molar-refractivity contribution >= 4 is 62.0 Å². The van der Waals surface area contributed by atoms with Gasteiger partial charge < -0.3 is 15.5 Å². The van der Waals surface area contributed by atoms with E-state index < -0.39 is 0 Å². The predicted molar refractivity (Wildman–Crippen MR) is 165 cm³/mol. The standard InChI is InChI=1S/C32H29N7O3S/c33-17-21(15-19-8-9-19)31(41)38-14-4-7-22(18-38)36-29(40)28-27-26-25(11-13-35-30(26)43-28)39(32(42)37-27)23-10-12-34-24(16-23)20-5-2-1-3-6-20/h2,5-6,10-13,15-16,19,22H,1,3-4,7-9,14,18H2,(H,36,40)(H,37,42)/b21-15+. The number of hydrogen-bond donors (Lipinski definition) is 2. The van der Waals surface area contributed by atoms with Crippen LogP contribution in [0.2, 0.25) is 0 Å². The summed E-state index contributed by atoms with van der Waals surface area (Å²) in [6, 6.07) is 6.88. The Kier molecular flexibility index (Phi) is 6.99. The molecule has 1 atom stereocenters. The highest BCUT2D eigenvalue weighted by Gasteiger charge is 2.34. The fourth-order valence-corrected chi connectivity index (χ4v) is 6.90. The molecule has 4 amide bonds. The van der Waals surface area contributed by atoms with Gasteiger partial charge in [-0.05, 0) is 68.2 Å². The maximum absolute atomic E-state index is 13.6. The minimum Gasteiger partial charge on any atom is -0.347 e. The molecule has 7 rings (SSSR count). The number of nitrogens with zero attached hydrogens (tertiary/aromatic N) is 5. The van der Waals surface area contributed by atoms with Crippen LogP contribution in [-0.4, -0.2) is 51.8 Å². The second kappa shape index (κ2) is 11.1. The van der Waals surface area contributed by atoms with Gasteiger partial charge >= 0.3 is 6.03 Å². The van der Waals surface area contributed by atoms with Crippen molar-refractivity contribution < 1.29 is 14.4 Å². The number of anilines is 3. The van der Waals surface area contributed by atoms with Gasteiger partial charge in [-0.1, -0.05) is 24.3 Å². The molecule has 2 N–H and O–H groups in total. The molecule has 0 bridgehead atoms. The summed E-state index contributed by atoms with van der Waals surface area (Å²) in [7, 11) is 0. The Morgan fingerprint density at radius 2 is 2.02 bits per heavy atom. The maximum atomic E-state index is 13.6. The normalized spacial score (nSPS) is 20.0. The van der Waals surface area contributed by atoms with Gasteiger partial charge in [0.15, 0.2) is 0 Å². The molecule has 1 saturated carbocycles. The van der Waals surface area contributed by atoms with E-state index in [1.807, 2.05) is 12.1 Å². The molecule has 2 fully saturated rings. The summed E-state index contributed by atoms with van der Waals surface area (Å²) in [6.45, 7) is 0.876. The molecule has 216 valence electrons. The lowest BCUT2D eigenvalue weighted by atomic mass is 10.0. The van der Waals surface area contributed by atoms with E-state index in [0.717, 1.165) is 43.4 Å². The van der Waals surface area contributed by atoms with Crippen LogP contribution in [0.25, 0.3) is 15.8 Å². The van der Waals surface area contributed by atoms with Gasteiger partial charge in [0.1, 0.15) is 21.3 Å². The summed E-state index contributed by atoms with van der Waals surface area (Å²) in [5, 5.41) is 16.2. The van der Waals surface area contributed by atoms with Crippen molar-refractivity contribution in [1.82, 2.24) is 20.2 Å². The van der Waals surface area contributed by atoms with Gasteiger partial charge in [0.25, 0.3) is 11.8 Å². The molecule has 11 heteroatoms. The largest absolute Gasteiger partial charge is 0.347 e. The lowest BCUT2D eigenvalue weighted by Gasteiger charge is -2.33. The van der Waals surface area contributed by atoms with Gasteiger partial charge in [-0.15, -0.1) is 11.3 Å². The van der Waals surface area contributed by atoms with Gasteiger partial charge in [0.2, 0.25) is 0 Å². The first-order valence-electron chi connectivity index (χ1n) is 14.6. The minimum atomic E-state index is -0.376. The molecule has 10 nitrogen and oxygen atoms in total. The van der Waals surface area contributed by atoms with Crippen molar-refractivity contribution in [2.45, 2.75) is 44.6 Å². The van der Waals surface area contributed by atoms with Crippen molar-refractivity contribution in [3.63, 3.8) is 0 Å². The molecule has 2 aliphatic carbocycles. The van der Waals surface area contributed by atoms with Gasteiger partial charge in [-0.25, -0.2) is 9.78 Å². The van der Waals surface area contributed by atoms with Crippen LogP contribution in [0.3, 0.4) is 0 Å². The number of nitriles is 1. The van der Waals surface area contributed by atoms with E-state index in [9.17, 15) is 19.6 Å². The van der Waals surface area contributed by atoms with Crippen LogP contribution < -0.4 is 15.5 Å². The smallest absolute Gasteiger partial charge is 0.331 e. The Morgan fingerprint density at radius 3 is 2.81 bits per heavy atom. The number of hydrogen-bond acceptors (Lipinski definition) is 7. The molecule has 3 aromatic heterocycles. The number of carbonyl (C=O) groups is 3. The molecule has 43 heavy (non-hydrogen) atoms. The van der Waals surface area contributed by atoms with E-state index in [2.05, 4.69) is 38.8 Å². The first-order valence-corrected chi connectivity index (χ1v) is 15.4. The molecule has 2 aliphatic heterocycles. The van der Waals surface area contributed by atoms with Gasteiger partial charge in [0, 0.05) is 31.5 Å². The predicted octanol–water partition coefficient (Wildman–Crippen LogP) is 5.69. The number of likely N-dealkylation sites (tertiary alicyclic amines) is 1. The minimum absolute atomic E-state index is 0.183. The first kappa shape index (κ1) is 27.0. The lowest BCUT2D eigenvalue weighted by molar-refractivity contribution is -0.128. The molecular weight excluding hydrogens is 562 g/mol. The van der Waals surface area contributed by atoms with Gasteiger partial charge in [-0.3, -0.25) is 19.5 Å². The zero-order chi connectivity index (χ0) is 29.5. The summed E-state index contributed by atoms with van der Waals surface area (Å²) in [4.78, 5) is 53.5.